The van der Waals surface area contributed by atoms with Crippen molar-refractivity contribution in [3.05, 3.63) is 11.3 Å². The highest BCUT2D eigenvalue weighted by molar-refractivity contribution is 5.50. The molecule has 1 aromatic rings. The Kier molecular flexibility index (Phi) is 4.35. The minimum absolute atomic E-state index is 0.519. The van der Waals surface area contributed by atoms with Crippen molar-refractivity contribution < 1.29 is 0 Å². The van der Waals surface area contributed by atoms with Crippen LogP contribution in [0.1, 0.15) is 38.4 Å². The number of nitrogens with two attached hydrogens (primary N) is 1. The molecule has 1 aromatic heterocycles. The number of anilines is 1. The molecule has 0 aliphatic carbocycles. The van der Waals surface area contributed by atoms with E-state index >= 15 is 0 Å². The fraction of sp³-hybridized carbons (Fsp3) is 0.750. The summed E-state index contributed by atoms with van der Waals surface area (Å²) < 4.78 is 1.95. The number of aryl methyl sites for hydroxylation is 2. The molecule has 0 spiro atoms. The highest BCUT2D eigenvalue weighted by Gasteiger charge is 2.20. The van der Waals surface area contributed by atoms with Gasteiger partial charge < -0.3 is 10.6 Å². The summed E-state index contributed by atoms with van der Waals surface area (Å²) in [5.41, 5.74) is 8.03. The van der Waals surface area contributed by atoms with Gasteiger partial charge in [-0.25, -0.2) is 0 Å². The van der Waals surface area contributed by atoms with Crippen LogP contribution in [-0.2, 0) is 13.6 Å². The highest BCUT2D eigenvalue weighted by Crippen LogP contribution is 2.25. The van der Waals surface area contributed by atoms with Gasteiger partial charge in [0.25, 0.3) is 0 Å². The molecule has 4 nitrogen and oxygen atoms in total. The molecule has 0 saturated carbocycles. The third kappa shape index (κ3) is 2.21. The molecular weight excluding hydrogens is 200 g/mol. The molecule has 2 N–H and O–H groups in total. The van der Waals surface area contributed by atoms with Gasteiger partial charge in [-0.15, -0.1) is 0 Å². The summed E-state index contributed by atoms with van der Waals surface area (Å²) in [6.07, 6.45) is 1.13. The molecule has 16 heavy (non-hydrogen) atoms. The van der Waals surface area contributed by atoms with Crippen LogP contribution in [0.15, 0.2) is 0 Å². The topological polar surface area (TPSA) is 47.1 Å². The van der Waals surface area contributed by atoms with Crippen LogP contribution >= 0.6 is 0 Å². The molecule has 1 rings (SSSR count). The van der Waals surface area contributed by atoms with Crippen molar-refractivity contribution in [1.29, 1.82) is 0 Å². The first-order valence-corrected chi connectivity index (χ1v) is 6.05. The maximum atomic E-state index is 5.82. The Morgan fingerprint density at radius 2 is 2.06 bits per heavy atom. The van der Waals surface area contributed by atoms with Crippen LogP contribution in [0, 0.1) is 6.92 Å². The van der Waals surface area contributed by atoms with Gasteiger partial charge in [0.05, 0.1) is 5.69 Å². The SMILES string of the molecule is CCC(C)N(CC)c1c(CN)c(C)nn1C. The zero-order chi connectivity index (χ0) is 12.3. The number of hydrogen-bond donors (Lipinski definition) is 1. The Hall–Kier alpha value is -1.03. The van der Waals surface area contributed by atoms with E-state index in [0.717, 1.165) is 18.7 Å². The van der Waals surface area contributed by atoms with Gasteiger partial charge in [0.2, 0.25) is 0 Å². The lowest BCUT2D eigenvalue weighted by molar-refractivity contribution is 0.598. The van der Waals surface area contributed by atoms with Gasteiger partial charge in [0.1, 0.15) is 5.82 Å². The standard InChI is InChI=1S/C12H24N4/c1-6-9(3)16(7-2)12-11(8-13)10(4)14-15(12)5/h9H,6-8,13H2,1-5H3. The summed E-state index contributed by atoms with van der Waals surface area (Å²) in [4.78, 5) is 2.38. The summed E-state index contributed by atoms with van der Waals surface area (Å²) >= 11 is 0. The Balaban J connectivity index is 3.18. The minimum atomic E-state index is 0.519. The summed E-state index contributed by atoms with van der Waals surface area (Å²) in [6.45, 7) is 10.2. The Labute approximate surface area is 98.4 Å². The molecule has 1 heterocycles. The molecule has 0 aromatic carbocycles. The molecule has 0 radical (unpaired) electrons. The van der Waals surface area contributed by atoms with Crippen LogP contribution in [0.3, 0.4) is 0 Å². The van der Waals surface area contributed by atoms with Gasteiger partial charge in [-0.05, 0) is 27.2 Å². The average Bonchev–Trinajstić information content (AvgIpc) is 2.54. The fourth-order valence-corrected chi connectivity index (χ4v) is 2.18. The van der Waals surface area contributed by atoms with Crippen LogP contribution in [-0.4, -0.2) is 22.4 Å². The van der Waals surface area contributed by atoms with Crippen LogP contribution in [0.4, 0.5) is 5.82 Å². The lowest BCUT2D eigenvalue weighted by Gasteiger charge is -2.30. The van der Waals surface area contributed by atoms with Crippen LogP contribution in [0.5, 0.6) is 0 Å². The van der Waals surface area contributed by atoms with E-state index in [-0.39, 0.29) is 0 Å². The van der Waals surface area contributed by atoms with E-state index in [0.29, 0.717) is 12.6 Å². The monoisotopic (exact) mass is 224 g/mol. The molecule has 0 amide bonds. The zero-order valence-corrected chi connectivity index (χ0v) is 11.1. The molecule has 0 saturated heterocycles. The van der Waals surface area contributed by atoms with Gasteiger partial charge >= 0.3 is 0 Å². The van der Waals surface area contributed by atoms with Crippen molar-refractivity contribution in [2.45, 2.75) is 46.7 Å². The normalized spacial score (nSPS) is 12.9. The van der Waals surface area contributed by atoms with Crippen LogP contribution < -0.4 is 10.6 Å². The number of hydrogen-bond acceptors (Lipinski definition) is 3. The zero-order valence-electron chi connectivity index (χ0n) is 11.1. The first-order valence-electron chi connectivity index (χ1n) is 6.05. The van der Waals surface area contributed by atoms with E-state index in [1.54, 1.807) is 0 Å². The van der Waals surface area contributed by atoms with E-state index in [9.17, 15) is 0 Å². The lowest BCUT2D eigenvalue weighted by Crippen LogP contribution is -2.34. The molecule has 1 atom stereocenters. The first-order chi connectivity index (χ1) is 7.56. The van der Waals surface area contributed by atoms with Crippen LogP contribution in [0.2, 0.25) is 0 Å². The second kappa shape index (κ2) is 5.34. The predicted octanol–water partition coefficient (Wildman–Crippen LogP) is 1.81. The largest absolute Gasteiger partial charge is 0.354 e. The van der Waals surface area contributed by atoms with Gasteiger partial charge in [0.15, 0.2) is 0 Å². The second-order valence-electron chi connectivity index (χ2n) is 4.26. The van der Waals surface area contributed by atoms with E-state index < -0.39 is 0 Å². The third-order valence-electron chi connectivity index (χ3n) is 3.25. The van der Waals surface area contributed by atoms with Crippen LogP contribution in [0.25, 0.3) is 0 Å². The third-order valence-corrected chi connectivity index (χ3v) is 3.25. The molecule has 0 fully saturated rings. The van der Waals surface area contributed by atoms with Gasteiger partial charge in [-0.2, -0.15) is 5.10 Å². The molecular formula is C12H24N4. The highest BCUT2D eigenvalue weighted by atomic mass is 15.4. The quantitative estimate of drug-likeness (QED) is 0.829. The van der Waals surface area contributed by atoms with Crippen molar-refractivity contribution >= 4 is 5.82 Å². The predicted molar refractivity (Wildman–Crippen MR) is 68.6 cm³/mol. The molecule has 1 unspecified atom stereocenters. The Bertz CT molecular complexity index is 343. The molecule has 0 bridgehead atoms. The van der Waals surface area contributed by atoms with Crippen molar-refractivity contribution in [3.63, 3.8) is 0 Å². The first kappa shape index (κ1) is 13.0. The fourth-order valence-electron chi connectivity index (χ4n) is 2.18. The minimum Gasteiger partial charge on any atom is -0.354 e. The number of rotatable bonds is 5. The van der Waals surface area contributed by atoms with Crippen molar-refractivity contribution in [2.75, 3.05) is 11.4 Å². The van der Waals surface area contributed by atoms with Gasteiger partial charge in [-0.1, -0.05) is 6.92 Å². The van der Waals surface area contributed by atoms with E-state index in [4.69, 9.17) is 5.73 Å². The second-order valence-corrected chi connectivity index (χ2v) is 4.26. The van der Waals surface area contributed by atoms with Gasteiger partial charge in [-0.3, -0.25) is 4.68 Å². The smallest absolute Gasteiger partial charge is 0.131 e. The summed E-state index contributed by atoms with van der Waals surface area (Å²) in [6, 6.07) is 0.519. The number of nitrogens with zero attached hydrogens (tertiary/aromatic N) is 3. The van der Waals surface area contributed by atoms with E-state index in [1.807, 2.05) is 18.7 Å². The average molecular weight is 224 g/mol. The summed E-state index contributed by atoms with van der Waals surface area (Å²) in [7, 11) is 1.99. The molecule has 92 valence electrons. The number of aromatic nitrogens is 2. The molecule has 4 heteroatoms. The maximum absolute atomic E-state index is 5.82. The lowest BCUT2D eigenvalue weighted by atomic mass is 10.1. The van der Waals surface area contributed by atoms with Gasteiger partial charge in [0, 0.05) is 31.7 Å². The summed E-state index contributed by atoms with van der Waals surface area (Å²) in [5.74, 6) is 1.18. The van der Waals surface area contributed by atoms with E-state index in [1.165, 1.54) is 11.4 Å². The van der Waals surface area contributed by atoms with Crippen molar-refractivity contribution in [1.82, 2.24) is 9.78 Å². The van der Waals surface area contributed by atoms with Crippen molar-refractivity contribution in [3.8, 4) is 0 Å². The van der Waals surface area contributed by atoms with E-state index in [2.05, 4.69) is 30.8 Å². The molecule has 0 aliphatic heterocycles. The maximum Gasteiger partial charge on any atom is 0.131 e. The van der Waals surface area contributed by atoms with Crippen molar-refractivity contribution in [2.24, 2.45) is 12.8 Å². The Morgan fingerprint density at radius 1 is 1.44 bits per heavy atom. The molecule has 0 aliphatic rings. The summed E-state index contributed by atoms with van der Waals surface area (Å²) in [5, 5.41) is 4.46. The Morgan fingerprint density at radius 3 is 2.50 bits per heavy atom.